The molecule has 6 nitrogen and oxygen atoms in total. The standard InChI is InChI=1S/C42H80O6S/c1-6-8-10-12-14-16-18-20-22-24-26-28-30-32-39(43)46-36-38(37-49-35-34-41(45)48-42(3,4)5)47-40(44)33-31-29-27-25-23-21-19-17-15-13-11-9-7-2/h38H,6-37H2,1-5H3. The van der Waals surface area contributed by atoms with E-state index < -0.39 is 11.7 Å². The lowest BCUT2D eigenvalue weighted by Gasteiger charge is -2.20. The number of ether oxygens (including phenoxy) is 3. The summed E-state index contributed by atoms with van der Waals surface area (Å²) in [6.45, 7) is 10.2. The lowest BCUT2D eigenvalue weighted by Crippen LogP contribution is -2.28. The smallest absolute Gasteiger partial charge is 0.307 e. The monoisotopic (exact) mass is 713 g/mol. The molecule has 0 heterocycles. The molecule has 1 atom stereocenters. The topological polar surface area (TPSA) is 78.9 Å². The third kappa shape index (κ3) is 37.8. The molecule has 0 saturated heterocycles. The van der Waals surface area contributed by atoms with Crippen LogP contribution in [0.5, 0.6) is 0 Å². The molecule has 0 spiro atoms. The van der Waals surface area contributed by atoms with Crippen LogP contribution in [0.15, 0.2) is 0 Å². The second kappa shape index (κ2) is 35.2. The van der Waals surface area contributed by atoms with E-state index in [2.05, 4.69) is 13.8 Å². The zero-order chi connectivity index (χ0) is 36.3. The molecule has 0 aromatic heterocycles. The van der Waals surface area contributed by atoms with E-state index in [-0.39, 0.29) is 24.5 Å². The Morgan fingerprint density at radius 2 is 0.857 bits per heavy atom. The second-order valence-corrected chi connectivity index (χ2v) is 16.3. The van der Waals surface area contributed by atoms with E-state index in [4.69, 9.17) is 14.2 Å². The van der Waals surface area contributed by atoms with E-state index in [0.29, 0.717) is 30.8 Å². The van der Waals surface area contributed by atoms with Gasteiger partial charge in [0.2, 0.25) is 0 Å². The van der Waals surface area contributed by atoms with Gasteiger partial charge in [-0.15, -0.1) is 0 Å². The number of hydrogen-bond acceptors (Lipinski definition) is 7. The predicted molar refractivity (Wildman–Crippen MR) is 209 cm³/mol. The number of unbranched alkanes of at least 4 members (excludes halogenated alkanes) is 24. The van der Waals surface area contributed by atoms with E-state index >= 15 is 0 Å². The number of thioether (sulfide) groups is 1. The van der Waals surface area contributed by atoms with Gasteiger partial charge in [0, 0.05) is 24.3 Å². The Morgan fingerprint density at radius 3 is 1.24 bits per heavy atom. The van der Waals surface area contributed by atoms with Gasteiger partial charge in [-0.3, -0.25) is 14.4 Å². The fourth-order valence-corrected chi connectivity index (χ4v) is 6.86. The molecule has 0 rings (SSSR count). The fourth-order valence-electron chi connectivity index (χ4n) is 5.96. The van der Waals surface area contributed by atoms with Crippen LogP contribution >= 0.6 is 11.8 Å². The third-order valence-electron chi connectivity index (χ3n) is 8.87. The number of hydrogen-bond donors (Lipinski definition) is 0. The predicted octanol–water partition coefficient (Wildman–Crippen LogP) is 12.9. The lowest BCUT2D eigenvalue weighted by molar-refractivity contribution is -0.157. The van der Waals surface area contributed by atoms with Crippen molar-refractivity contribution in [1.82, 2.24) is 0 Å². The zero-order valence-electron chi connectivity index (χ0n) is 33.1. The minimum atomic E-state index is -0.506. The molecule has 0 bridgehead atoms. The van der Waals surface area contributed by atoms with Gasteiger partial charge < -0.3 is 14.2 Å². The Bertz CT molecular complexity index is 765. The second-order valence-electron chi connectivity index (χ2n) is 15.2. The van der Waals surface area contributed by atoms with Crippen molar-refractivity contribution in [1.29, 1.82) is 0 Å². The Hall–Kier alpha value is -1.24. The van der Waals surface area contributed by atoms with E-state index in [1.165, 1.54) is 140 Å². The number of carbonyl (C=O) groups excluding carboxylic acids is 3. The van der Waals surface area contributed by atoms with Gasteiger partial charge in [0.05, 0.1) is 6.42 Å². The molecule has 0 aromatic carbocycles. The average Bonchev–Trinajstić information content (AvgIpc) is 3.05. The Labute approximate surface area is 308 Å². The molecule has 1 unspecified atom stereocenters. The molecule has 0 saturated carbocycles. The Balaban J connectivity index is 4.22. The Kier molecular flexibility index (Phi) is 34.3. The van der Waals surface area contributed by atoms with Crippen molar-refractivity contribution < 1.29 is 28.6 Å². The third-order valence-corrected chi connectivity index (χ3v) is 9.97. The summed E-state index contributed by atoms with van der Waals surface area (Å²) in [5.74, 6) is 0.362. The van der Waals surface area contributed by atoms with Gasteiger partial charge in [0.15, 0.2) is 0 Å². The molecular weight excluding hydrogens is 633 g/mol. The molecule has 0 aliphatic carbocycles. The van der Waals surface area contributed by atoms with Gasteiger partial charge in [-0.1, -0.05) is 168 Å². The van der Waals surface area contributed by atoms with Crippen LogP contribution in [0.25, 0.3) is 0 Å². The van der Waals surface area contributed by atoms with Crippen molar-refractivity contribution >= 4 is 29.7 Å². The summed E-state index contributed by atoms with van der Waals surface area (Å²) in [5, 5.41) is 0. The van der Waals surface area contributed by atoms with Crippen molar-refractivity contribution in [3.8, 4) is 0 Å². The molecule has 7 heteroatoms. The maximum absolute atomic E-state index is 12.7. The van der Waals surface area contributed by atoms with Crippen LogP contribution in [-0.4, -0.2) is 47.7 Å². The first-order chi connectivity index (χ1) is 23.7. The highest BCUT2D eigenvalue weighted by atomic mass is 32.2. The lowest BCUT2D eigenvalue weighted by atomic mass is 10.0. The summed E-state index contributed by atoms with van der Waals surface area (Å²) < 4.78 is 16.7. The summed E-state index contributed by atoms with van der Waals surface area (Å²) in [7, 11) is 0. The van der Waals surface area contributed by atoms with Gasteiger partial charge >= 0.3 is 17.9 Å². The van der Waals surface area contributed by atoms with Gasteiger partial charge in [-0.25, -0.2) is 0 Å². The Morgan fingerprint density at radius 1 is 0.490 bits per heavy atom. The highest BCUT2D eigenvalue weighted by Gasteiger charge is 2.19. The first-order valence-corrected chi connectivity index (χ1v) is 22.0. The molecule has 0 radical (unpaired) electrons. The molecule has 0 aliphatic rings. The number of rotatable bonds is 36. The molecule has 0 N–H and O–H groups in total. The molecule has 290 valence electrons. The zero-order valence-corrected chi connectivity index (χ0v) is 33.9. The van der Waals surface area contributed by atoms with E-state index in [1.807, 2.05) is 20.8 Å². The van der Waals surface area contributed by atoms with Crippen LogP contribution in [0, 0.1) is 0 Å². The highest BCUT2D eigenvalue weighted by Crippen LogP contribution is 2.17. The fraction of sp³-hybridized carbons (Fsp3) is 0.929. The van der Waals surface area contributed by atoms with Crippen molar-refractivity contribution in [3.05, 3.63) is 0 Å². The number of carbonyl (C=O) groups is 3. The van der Waals surface area contributed by atoms with Crippen LogP contribution in [0.4, 0.5) is 0 Å². The van der Waals surface area contributed by atoms with Crippen LogP contribution in [-0.2, 0) is 28.6 Å². The molecule has 0 aromatic rings. The normalized spacial score (nSPS) is 12.2. The van der Waals surface area contributed by atoms with Gasteiger partial charge in [0.25, 0.3) is 0 Å². The van der Waals surface area contributed by atoms with Crippen molar-refractivity contribution in [3.63, 3.8) is 0 Å². The largest absolute Gasteiger partial charge is 0.462 e. The van der Waals surface area contributed by atoms with Crippen LogP contribution in [0.2, 0.25) is 0 Å². The van der Waals surface area contributed by atoms with Crippen LogP contribution < -0.4 is 0 Å². The maximum Gasteiger partial charge on any atom is 0.307 e. The summed E-state index contributed by atoms with van der Waals surface area (Å²) in [5.41, 5.74) is -0.505. The van der Waals surface area contributed by atoms with Crippen LogP contribution in [0.3, 0.4) is 0 Å². The minimum Gasteiger partial charge on any atom is -0.462 e. The maximum atomic E-state index is 12.7. The first-order valence-electron chi connectivity index (χ1n) is 20.8. The average molecular weight is 713 g/mol. The van der Waals surface area contributed by atoms with Crippen molar-refractivity contribution in [2.45, 2.75) is 233 Å². The SMILES string of the molecule is CCCCCCCCCCCCCCCC(=O)OCC(CSCCC(=O)OC(C)(C)C)OC(=O)CCCCCCCCCCCCCCC. The molecule has 0 fully saturated rings. The van der Waals surface area contributed by atoms with Crippen molar-refractivity contribution in [2.75, 3.05) is 18.1 Å². The van der Waals surface area contributed by atoms with Crippen molar-refractivity contribution in [2.24, 2.45) is 0 Å². The van der Waals surface area contributed by atoms with Crippen LogP contribution in [0.1, 0.15) is 221 Å². The quantitative estimate of drug-likeness (QED) is 0.0363. The minimum absolute atomic E-state index is 0.0705. The van der Waals surface area contributed by atoms with Gasteiger partial charge in [0.1, 0.15) is 18.3 Å². The summed E-state index contributed by atoms with van der Waals surface area (Å²) >= 11 is 1.53. The van der Waals surface area contributed by atoms with Gasteiger partial charge in [-0.05, 0) is 33.6 Å². The summed E-state index contributed by atoms with van der Waals surface area (Å²) in [4.78, 5) is 37.2. The highest BCUT2D eigenvalue weighted by molar-refractivity contribution is 7.99. The van der Waals surface area contributed by atoms with E-state index in [0.717, 1.165) is 38.5 Å². The summed E-state index contributed by atoms with van der Waals surface area (Å²) in [6, 6.07) is 0. The number of esters is 3. The molecule has 49 heavy (non-hydrogen) atoms. The van der Waals surface area contributed by atoms with E-state index in [9.17, 15) is 14.4 Å². The van der Waals surface area contributed by atoms with Gasteiger partial charge in [-0.2, -0.15) is 11.8 Å². The molecular formula is C42H80O6S. The summed E-state index contributed by atoms with van der Waals surface area (Å²) in [6.07, 6.45) is 33.4. The molecule has 0 aliphatic heterocycles. The van der Waals surface area contributed by atoms with E-state index in [1.54, 1.807) is 0 Å². The molecule has 0 amide bonds. The first kappa shape index (κ1) is 47.8.